The topological polar surface area (TPSA) is 40.5 Å². The summed E-state index contributed by atoms with van der Waals surface area (Å²) < 4.78 is 0.839. The summed E-state index contributed by atoms with van der Waals surface area (Å²) in [5, 5.41) is 11.1. The second-order valence-corrected chi connectivity index (χ2v) is 6.37. The average molecular weight is 338 g/mol. The van der Waals surface area contributed by atoms with Crippen molar-refractivity contribution in [1.29, 1.82) is 0 Å². The fourth-order valence-electron chi connectivity index (χ4n) is 2.35. The number of fused-ring (bicyclic) bond motifs is 1. The van der Waals surface area contributed by atoms with Gasteiger partial charge in [-0.05, 0) is 57.6 Å². The van der Waals surface area contributed by atoms with Crippen LogP contribution >= 0.6 is 27.3 Å². The van der Waals surface area contributed by atoms with E-state index in [2.05, 4.69) is 32.3 Å². The molecule has 0 bridgehead atoms. The van der Waals surface area contributed by atoms with Crippen LogP contribution in [-0.2, 0) is 13.0 Å². The minimum Gasteiger partial charge on any atom is -0.478 e. The summed E-state index contributed by atoms with van der Waals surface area (Å²) in [7, 11) is 0. The Kier molecular flexibility index (Phi) is 3.33. The predicted molar refractivity (Wildman–Crippen MR) is 80.2 cm³/mol. The fraction of sp³-hybridized carbons (Fsp3) is 0.214. The van der Waals surface area contributed by atoms with E-state index in [4.69, 9.17) is 5.11 Å². The second kappa shape index (κ2) is 4.98. The first kappa shape index (κ1) is 12.7. The molecular weight excluding hydrogens is 326 g/mol. The molecule has 0 spiro atoms. The molecule has 1 aromatic carbocycles. The average Bonchev–Trinajstić information content (AvgIpc) is 2.85. The normalized spacial score (nSPS) is 14.3. The third-order valence-electron chi connectivity index (χ3n) is 3.34. The van der Waals surface area contributed by atoms with E-state index >= 15 is 0 Å². The molecule has 0 amide bonds. The van der Waals surface area contributed by atoms with Gasteiger partial charge in [0.25, 0.3) is 0 Å². The molecular formula is C14H12BrNO2S. The molecule has 0 unspecified atom stereocenters. The van der Waals surface area contributed by atoms with E-state index < -0.39 is 5.97 Å². The van der Waals surface area contributed by atoms with E-state index in [0.717, 1.165) is 29.7 Å². The van der Waals surface area contributed by atoms with E-state index in [1.807, 2.05) is 17.4 Å². The molecule has 0 radical (unpaired) electrons. The highest BCUT2D eigenvalue weighted by atomic mass is 79.9. The molecule has 0 atom stereocenters. The Balaban J connectivity index is 1.90. The molecule has 1 aliphatic rings. The van der Waals surface area contributed by atoms with Crippen molar-refractivity contribution >= 4 is 38.9 Å². The van der Waals surface area contributed by atoms with Gasteiger partial charge < -0.3 is 10.0 Å². The van der Waals surface area contributed by atoms with Gasteiger partial charge in [0.15, 0.2) is 0 Å². The molecule has 98 valence electrons. The highest BCUT2D eigenvalue weighted by molar-refractivity contribution is 9.10. The molecule has 3 nitrogen and oxygen atoms in total. The number of carboxylic acid groups (broad SMARTS) is 1. The van der Waals surface area contributed by atoms with Gasteiger partial charge in [0.2, 0.25) is 0 Å². The summed E-state index contributed by atoms with van der Waals surface area (Å²) in [6, 6.07) is 7.38. The highest BCUT2D eigenvalue weighted by Crippen LogP contribution is 2.32. The molecule has 1 aliphatic heterocycles. The van der Waals surface area contributed by atoms with Crippen molar-refractivity contribution in [3.63, 3.8) is 0 Å². The predicted octanol–water partition coefficient (Wildman–Crippen LogP) is 3.77. The van der Waals surface area contributed by atoms with Gasteiger partial charge in [-0.3, -0.25) is 0 Å². The van der Waals surface area contributed by atoms with E-state index in [0.29, 0.717) is 5.56 Å². The Morgan fingerprint density at radius 2 is 2.21 bits per heavy atom. The molecule has 0 saturated heterocycles. The molecule has 0 aliphatic carbocycles. The third kappa shape index (κ3) is 2.40. The van der Waals surface area contributed by atoms with Gasteiger partial charge in [-0.1, -0.05) is 0 Å². The molecule has 3 rings (SSSR count). The largest absolute Gasteiger partial charge is 0.478 e. The van der Waals surface area contributed by atoms with Crippen LogP contribution in [0.5, 0.6) is 0 Å². The first-order valence-electron chi connectivity index (χ1n) is 5.98. The van der Waals surface area contributed by atoms with Crippen LogP contribution in [0, 0.1) is 0 Å². The number of carbonyl (C=O) groups is 1. The molecule has 1 aromatic heterocycles. The zero-order chi connectivity index (χ0) is 13.4. The molecule has 2 heterocycles. The number of nitrogens with zero attached hydrogens (tertiary/aromatic N) is 1. The number of anilines is 1. The van der Waals surface area contributed by atoms with Crippen LogP contribution < -0.4 is 4.90 Å². The summed E-state index contributed by atoms with van der Waals surface area (Å²) in [6.07, 6.45) is 1.06. The van der Waals surface area contributed by atoms with Crippen LogP contribution in [-0.4, -0.2) is 17.6 Å². The highest BCUT2D eigenvalue weighted by Gasteiger charge is 2.19. The minimum absolute atomic E-state index is 0.309. The van der Waals surface area contributed by atoms with Gasteiger partial charge in [-0.15, -0.1) is 11.3 Å². The standard InChI is InChI=1S/C14H12BrNO2S/c15-11-7-9(14(17)18)1-2-12(11)16-5-3-13-10(8-16)4-6-19-13/h1-2,4,6-7H,3,5,8H2,(H,17,18). The SMILES string of the molecule is O=C(O)c1ccc(N2CCc3sccc3C2)c(Br)c1. The van der Waals surface area contributed by atoms with Crippen molar-refractivity contribution in [2.24, 2.45) is 0 Å². The molecule has 2 aromatic rings. The number of carboxylic acids is 1. The van der Waals surface area contributed by atoms with Crippen LogP contribution in [0.1, 0.15) is 20.8 Å². The number of hydrogen-bond acceptors (Lipinski definition) is 3. The Morgan fingerprint density at radius 3 is 2.95 bits per heavy atom. The fourth-order valence-corrected chi connectivity index (χ4v) is 3.87. The lowest BCUT2D eigenvalue weighted by Gasteiger charge is -2.30. The number of halogens is 1. The van der Waals surface area contributed by atoms with Crippen LogP contribution in [0.2, 0.25) is 0 Å². The van der Waals surface area contributed by atoms with E-state index in [-0.39, 0.29) is 0 Å². The monoisotopic (exact) mass is 337 g/mol. The first-order valence-corrected chi connectivity index (χ1v) is 7.65. The van der Waals surface area contributed by atoms with Gasteiger partial charge in [0, 0.05) is 22.4 Å². The van der Waals surface area contributed by atoms with E-state index in [1.54, 1.807) is 12.1 Å². The van der Waals surface area contributed by atoms with E-state index in [9.17, 15) is 4.79 Å². The number of rotatable bonds is 2. The van der Waals surface area contributed by atoms with Crippen LogP contribution in [0.4, 0.5) is 5.69 Å². The smallest absolute Gasteiger partial charge is 0.335 e. The molecule has 0 fully saturated rings. The Morgan fingerprint density at radius 1 is 1.37 bits per heavy atom. The summed E-state index contributed by atoms with van der Waals surface area (Å²) in [5.41, 5.74) is 2.75. The number of benzene rings is 1. The number of thiophene rings is 1. The zero-order valence-corrected chi connectivity index (χ0v) is 12.5. The zero-order valence-electron chi connectivity index (χ0n) is 10.1. The van der Waals surface area contributed by atoms with Gasteiger partial charge >= 0.3 is 5.97 Å². The lowest BCUT2D eigenvalue weighted by Crippen LogP contribution is -2.29. The number of hydrogen-bond donors (Lipinski definition) is 1. The maximum absolute atomic E-state index is 10.9. The van der Waals surface area contributed by atoms with Gasteiger partial charge in [0.1, 0.15) is 0 Å². The lowest BCUT2D eigenvalue weighted by molar-refractivity contribution is 0.0697. The van der Waals surface area contributed by atoms with Crippen molar-refractivity contribution in [2.75, 3.05) is 11.4 Å². The van der Waals surface area contributed by atoms with Crippen molar-refractivity contribution in [3.05, 3.63) is 50.1 Å². The summed E-state index contributed by atoms with van der Waals surface area (Å²) >= 11 is 5.30. The van der Waals surface area contributed by atoms with Crippen molar-refractivity contribution < 1.29 is 9.90 Å². The summed E-state index contributed by atoms with van der Waals surface area (Å²) in [5.74, 6) is -0.897. The maximum Gasteiger partial charge on any atom is 0.335 e. The maximum atomic E-state index is 10.9. The molecule has 0 saturated carbocycles. The lowest BCUT2D eigenvalue weighted by atomic mass is 10.1. The molecule has 1 N–H and O–H groups in total. The Hall–Kier alpha value is -1.33. The summed E-state index contributed by atoms with van der Waals surface area (Å²) in [6.45, 7) is 1.86. The summed E-state index contributed by atoms with van der Waals surface area (Å²) in [4.78, 5) is 14.7. The first-order chi connectivity index (χ1) is 9.15. The van der Waals surface area contributed by atoms with Crippen molar-refractivity contribution in [3.8, 4) is 0 Å². The van der Waals surface area contributed by atoms with Crippen molar-refractivity contribution in [2.45, 2.75) is 13.0 Å². The van der Waals surface area contributed by atoms with Crippen LogP contribution in [0.3, 0.4) is 0 Å². The Labute approximate surface area is 123 Å². The Bertz CT molecular complexity index is 638. The van der Waals surface area contributed by atoms with Crippen LogP contribution in [0.25, 0.3) is 0 Å². The van der Waals surface area contributed by atoms with Crippen LogP contribution in [0.15, 0.2) is 34.1 Å². The molecule has 5 heteroatoms. The quantitative estimate of drug-likeness (QED) is 0.906. The third-order valence-corrected chi connectivity index (χ3v) is 5.00. The number of aromatic carboxylic acids is 1. The minimum atomic E-state index is -0.897. The molecule has 19 heavy (non-hydrogen) atoms. The van der Waals surface area contributed by atoms with E-state index in [1.165, 1.54) is 10.4 Å². The van der Waals surface area contributed by atoms with Crippen molar-refractivity contribution in [1.82, 2.24) is 0 Å². The van der Waals surface area contributed by atoms with Gasteiger partial charge in [0.05, 0.1) is 11.3 Å². The van der Waals surface area contributed by atoms with Gasteiger partial charge in [-0.25, -0.2) is 4.79 Å². The van der Waals surface area contributed by atoms with Gasteiger partial charge in [-0.2, -0.15) is 0 Å². The second-order valence-electron chi connectivity index (χ2n) is 4.51.